The molecular formula is C23H23FN2O3. The number of hydrogen-bond donors (Lipinski definition) is 1. The van der Waals surface area contributed by atoms with Crippen molar-refractivity contribution in [1.82, 2.24) is 9.88 Å². The normalized spacial score (nSPS) is 14.9. The number of rotatable bonds is 4. The molecule has 0 bridgehead atoms. The number of amides is 1. The van der Waals surface area contributed by atoms with E-state index in [1.165, 1.54) is 12.1 Å². The van der Waals surface area contributed by atoms with Crippen molar-refractivity contribution in [1.29, 1.82) is 0 Å². The highest BCUT2D eigenvalue weighted by Gasteiger charge is 2.23. The van der Waals surface area contributed by atoms with Crippen LogP contribution < -0.4 is 4.74 Å². The molecule has 1 aliphatic heterocycles. The Bertz CT molecular complexity index is 1030. The minimum Gasteiger partial charge on any atom is -0.493 e. The van der Waals surface area contributed by atoms with Crippen LogP contribution >= 0.6 is 0 Å². The van der Waals surface area contributed by atoms with Crippen LogP contribution in [0, 0.1) is 5.82 Å². The van der Waals surface area contributed by atoms with Gasteiger partial charge in [-0.3, -0.25) is 4.79 Å². The second-order valence-corrected chi connectivity index (χ2v) is 7.20. The van der Waals surface area contributed by atoms with Gasteiger partial charge in [0.05, 0.1) is 23.9 Å². The van der Waals surface area contributed by atoms with Gasteiger partial charge in [-0.1, -0.05) is 0 Å². The number of aromatic nitrogens is 1. The molecule has 29 heavy (non-hydrogen) atoms. The van der Waals surface area contributed by atoms with Gasteiger partial charge in [0.2, 0.25) is 0 Å². The van der Waals surface area contributed by atoms with Gasteiger partial charge in [-0.25, -0.2) is 9.37 Å². The van der Waals surface area contributed by atoms with E-state index in [1.807, 2.05) is 25.1 Å². The highest BCUT2D eigenvalue weighted by Crippen LogP contribution is 2.31. The molecule has 0 aliphatic carbocycles. The third-order valence-electron chi connectivity index (χ3n) is 5.21. The smallest absolute Gasteiger partial charge is 0.253 e. The quantitative estimate of drug-likeness (QED) is 0.726. The summed E-state index contributed by atoms with van der Waals surface area (Å²) in [4.78, 5) is 19.3. The Morgan fingerprint density at radius 3 is 2.59 bits per heavy atom. The van der Waals surface area contributed by atoms with E-state index in [4.69, 9.17) is 4.74 Å². The predicted octanol–water partition coefficient (Wildman–Crippen LogP) is 4.04. The first-order chi connectivity index (χ1) is 14.0. The van der Waals surface area contributed by atoms with Gasteiger partial charge in [-0.05, 0) is 62.2 Å². The number of fused-ring (bicyclic) bond motifs is 1. The van der Waals surface area contributed by atoms with Crippen molar-refractivity contribution in [3.63, 3.8) is 0 Å². The van der Waals surface area contributed by atoms with Crippen LogP contribution in [0.1, 0.15) is 30.1 Å². The molecule has 5 nitrogen and oxygen atoms in total. The Hall–Kier alpha value is -2.99. The number of piperidine rings is 1. The molecular weight excluding hydrogens is 371 g/mol. The van der Waals surface area contributed by atoms with Crippen molar-refractivity contribution in [2.75, 3.05) is 19.7 Å². The SMILES string of the molecule is CCOc1cc(-c2ccc(F)cc2)nc2ccc(C(=O)N3CCC(O)CC3)cc12. The highest BCUT2D eigenvalue weighted by atomic mass is 19.1. The van der Waals surface area contributed by atoms with E-state index in [9.17, 15) is 14.3 Å². The van der Waals surface area contributed by atoms with Crippen LogP contribution in [0.5, 0.6) is 5.75 Å². The van der Waals surface area contributed by atoms with Gasteiger partial charge in [0.1, 0.15) is 11.6 Å². The second kappa shape index (κ2) is 8.17. The van der Waals surface area contributed by atoms with E-state index in [1.54, 1.807) is 23.1 Å². The standard InChI is InChI=1S/C23H23FN2O3/c1-2-29-22-14-21(15-3-6-17(24)7-4-15)25-20-8-5-16(13-19(20)22)23(28)26-11-9-18(27)10-12-26/h3-8,13-14,18,27H,2,9-12H2,1H3. The van der Waals surface area contributed by atoms with Crippen molar-refractivity contribution in [2.45, 2.75) is 25.9 Å². The number of halogens is 1. The zero-order valence-electron chi connectivity index (χ0n) is 16.3. The molecule has 4 rings (SSSR count). The summed E-state index contributed by atoms with van der Waals surface area (Å²) in [7, 11) is 0. The number of carbonyl (C=O) groups excluding carboxylic acids is 1. The van der Waals surface area contributed by atoms with Crippen molar-refractivity contribution in [3.05, 3.63) is 59.9 Å². The van der Waals surface area contributed by atoms with Crippen LogP contribution in [0.3, 0.4) is 0 Å². The largest absolute Gasteiger partial charge is 0.493 e. The first-order valence-corrected chi connectivity index (χ1v) is 9.86. The van der Waals surface area contributed by atoms with E-state index in [2.05, 4.69) is 4.98 Å². The molecule has 0 unspecified atom stereocenters. The maximum Gasteiger partial charge on any atom is 0.253 e. The average Bonchev–Trinajstić information content (AvgIpc) is 2.74. The number of benzene rings is 2. The van der Waals surface area contributed by atoms with E-state index >= 15 is 0 Å². The molecule has 0 saturated carbocycles. The Labute approximate surface area is 168 Å². The fraction of sp³-hybridized carbons (Fsp3) is 0.304. The summed E-state index contributed by atoms with van der Waals surface area (Å²) in [6.07, 6.45) is 0.882. The van der Waals surface area contributed by atoms with Crippen LogP contribution in [0.2, 0.25) is 0 Å². The summed E-state index contributed by atoms with van der Waals surface area (Å²) in [6, 6.07) is 13.4. The van der Waals surface area contributed by atoms with Gasteiger partial charge < -0.3 is 14.7 Å². The number of aliphatic hydroxyl groups is 1. The van der Waals surface area contributed by atoms with Crippen molar-refractivity contribution >= 4 is 16.8 Å². The van der Waals surface area contributed by atoms with Gasteiger partial charge in [0, 0.05) is 35.7 Å². The minimum absolute atomic E-state index is 0.0520. The monoisotopic (exact) mass is 394 g/mol. The molecule has 2 aromatic carbocycles. The second-order valence-electron chi connectivity index (χ2n) is 7.20. The van der Waals surface area contributed by atoms with Gasteiger partial charge in [0.15, 0.2) is 0 Å². The topological polar surface area (TPSA) is 62.7 Å². The molecule has 2 heterocycles. The molecule has 6 heteroatoms. The Balaban J connectivity index is 1.72. The zero-order valence-corrected chi connectivity index (χ0v) is 16.3. The Morgan fingerprint density at radius 2 is 1.90 bits per heavy atom. The summed E-state index contributed by atoms with van der Waals surface area (Å²) >= 11 is 0. The lowest BCUT2D eigenvalue weighted by Gasteiger charge is -2.29. The van der Waals surface area contributed by atoms with Crippen molar-refractivity contribution in [2.24, 2.45) is 0 Å². The van der Waals surface area contributed by atoms with E-state index in [0.717, 1.165) is 10.9 Å². The number of aliphatic hydroxyl groups excluding tert-OH is 1. The molecule has 1 aliphatic rings. The number of nitrogens with zero attached hydrogens (tertiary/aromatic N) is 2. The summed E-state index contributed by atoms with van der Waals surface area (Å²) in [6.45, 7) is 3.48. The fourth-order valence-electron chi connectivity index (χ4n) is 3.62. The molecule has 1 N–H and O–H groups in total. The van der Waals surface area contributed by atoms with Crippen LogP contribution in [0.4, 0.5) is 4.39 Å². The average molecular weight is 394 g/mol. The highest BCUT2D eigenvalue weighted by molar-refractivity contribution is 5.99. The molecule has 1 aromatic heterocycles. The van der Waals surface area contributed by atoms with Crippen molar-refractivity contribution in [3.8, 4) is 17.0 Å². The van der Waals surface area contributed by atoms with Gasteiger partial charge in [-0.2, -0.15) is 0 Å². The van der Waals surface area contributed by atoms with Crippen molar-refractivity contribution < 1.29 is 19.0 Å². The number of ether oxygens (including phenoxy) is 1. The molecule has 0 atom stereocenters. The molecule has 0 spiro atoms. The number of pyridine rings is 1. The number of carbonyl (C=O) groups is 1. The summed E-state index contributed by atoms with van der Waals surface area (Å²) in [5.41, 5.74) is 2.76. The third kappa shape index (κ3) is 4.07. The van der Waals surface area contributed by atoms with E-state index < -0.39 is 0 Å². The summed E-state index contributed by atoms with van der Waals surface area (Å²) < 4.78 is 19.1. The molecule has 1 fully saturated rings. The predicted molar refractivity (Wildman–Crippen MR) is 109 cm³/mol. The number of hydrogen-bond acceptors (Lipinski definition) is 4. The Kier molecular flexibility index (Phi) is 5.45. The fourth-order valence-corrected chi connectivity index (χ4v) is 3.62. The summed E-state index contributed by atoms with van der Waals surface area (Å²) in [5, 5.41) is 10.4. The first-order valence-electron chi connectivity index (χ1n) is 9.86. The van der Waals surface area contributed by atoms with Crippen LogP contribution in [0.25, 0.3) is 22.2 Å². The zero-order chi connectivity index (χ0) is 20.4. The lowest BCUT2D eigenvalue weighted by atomic mass is 10.0. The Morgan fingerprint density at radius 1 is 1.17 bits per heavy atom. The van der Waals surface area contributed by atoms with Crippen LogP contribution in [-0.2, 0) is 0 Å². The lowest BCUT2D eigenvalue weighted by molar-refractivity contribution is 0.0546. The van der Waals surface area contributed by atoms with Crippen LogP contribution in [-0.4, -0.2) is 46.7 Å². The molecule has 150 valence electrons. The van der Waals surface area contributed by atoms with Gasteiger partial charge >= 0.3 is 0 Å². The van der Waals surface area contributed by atoms with E-state index in [-0.39, 0.29) is 17.8 Å². The third-order valence-corrected chi connectivity index (χ3v) is 5.21. The minimum atomic E-state index is -0.325. The van der Waals surface area contributed by atoms with E-state index in [0.29, 0.717) is 55.1 Å². The molecule has 3 aromatic rings. The summed E-state index contributed by atoms with van der Waals surface area (Å²) in [5.74, 6) is 0.289. The molecule has 0 radical (unpaired) electrons. The first kappa shape index (κ1) is 19.3. The van der Waals surface area contributed by atoms with Crippen LogP contribution in [0.15, 0.2) is 48.5 Å². The van der Waals surface area contributed by atoms with Gasteiger partial charge in [-0.15, -0.1) is 0 Å². The van der Waals surface area contributed by atoms with Gasteiger partial charge in [0.25, 0.3) is 5.91 Å². The number of likely N-dealkylation sites (tertiary alicyclic amines) is 1. The lowest BCUT2D eigenvalue weighted by Crippen LogP contribution is -2.40. The molecule has 1 saturated heterocycles. The molecule has 1 amide bonds. The maximum absolute atomic E-state index is 13.3. The maximum atomic E-state index is 13.3.